The molecular formula is C11H16IN. The van der Waals surface area contributed by atoms with E-state index in [-0.39, 0.29) is 0 Å². The molecule has 1 N–H and O–H groups in total. The number of hydrogen-bond donors (Lipinski definition) is 1. The maximum atomic E-state index is 3.45. The van der Waals surface area contributed by atoms with E-state index in [1.54, 1.807) is 0 Å². The number of aryl methyl sites for hydroxylation is 1. The van der Waals surface area contributed by atoms with Crippen LogP contribution < -0.4 is 5.32 Å². The van der Waals surface area contributed by atoms with Gasteiger partial charge in [-0.05, 0) is 60.6 Å². The summed E-state index contributed by atoms with van der Waals surface area (Å²) in [5.74, 6) is 0. The highest BCUT2D eigenvalue weighted by atomic mass is 127. The van der Waals surface area contributed by atoms with Crippen LogP contribution in [-0.2, 0) is 0 Å². The number of hydrogen-bond acceptors (Lipinski definition) is 1. The van der Waals surface area contributed by atoms with Crippen LogP contribution in [0.5, 0.6) is 0 Å². The molecule has 0 bridgehead atoms. The topological polar surface area (TPSA) is 12.0 Å². The number of nitrogens with one attached hydrogen (secondary N) is 1. The molecule has 0 aliphatic rings. The molecular weight excluding hydrogens is 273 g/mol. The maximum absolute atomic E-state index is 3.45. The van der Waals surface area contributed by atoms with E-state index in [2.05, 4.69) is 66.9 Å². The van der Waals surface area contributed by atoms with Crippen LogP contribution in [0.2, 0.25) is 0 Å². The van der Waals surface area contributed by atoms with Gasteiger partial charge in [-0.3, -0.25) is 0 Å². The van der Waals surface area contributed by atoms with E-state index < -0.39 is 0 Å². The zero-order valence-electron chi connectivity index (χ0n) is 8.39. The Labute approximate surface area is 94.1 Å². The predicted molar refractivity (Wildman–Crippen MR) is 67.3 cm³/mol. The Morgan fingerprint density at radius 2 is 2.15 bits per heavy atom. The summed E-state index contributed by atoms with van der Waals surface area (Å²) in [6, 6.07) is 7.05. The average molecular weight is 289 g/mol. The molecule has 0 aliphatic carbocycles. The summed E-state index contributed by atoms with van der Waals surface area (Å²) in [6.45, 7) is 6.53. The van der Waals surface area contributed by atoms with E-state index in [1.807, 2.05) is 0 Å². The first kappa shape index (κ1) is 10.8. The fourth-order valence-electron chi connectivity index (χ4n) is 1.07. The smallest absolute Gasteiger partial charge is 0.0353 e. The fourth-order valence-corrected chi connectivity index (χ4v) is 1.58. The molecule has 0 fully saturated rings. The molecule has 2 heteroatoms. The third-order valence-corrected chi connectivity index (χ3v) is 3.36. The molecule has 1 nitrogen and oxygen atoms in total. The molecule has 1 rings (SSSR count). The van der Waals surface area contributed by atoms with Crippen molar-refractivity contribution >= 4 is 28.3 Å². The molecule has 0 aliphatic heterocycles. The quantitative estimate of drug-likeness (QED) is 0.834. The number of anilines is 1. The molecule has 0 saturated heterocycles. The normalized spacial score (nSPS) is 12.6. The second kappa shape index (κ2) is 4.84. The van der Waals surface area contributed by atoms with E-state index in [0.29, 0.717) is 6.04 Å². The highest BCUT2D eigenvalue weighted by Gasteiger charge is 2.00. The second-order valence-electron chi connectivity index (χ2n) is 3.42. The standard InChI is InChI=1S/C11H16IN/c1-4-9(3)13-10-6-5-8(2)11(12)7-10/h5-7,9,13H,4H2,1-3H3. The SMILES string of the molecule is CCC(C)Nc1ccc(C)c(I)c1. The lowest BCUT2D eigenvalue weighted by Gasteiger charge is -2.13. The van der Waals surface area contributed by atoms with Crippen molar-refractivity contribution in [2.24, 2.45) is 0 Å². The van der Waals surface area contributed by atoms with Crippen molar-refractivity contribution in [3.63, 3.8) is 0 Å². The Kier molecular flexibility index (Phi) is 4.03. The van der Waals surface area contributed by atoms with Gasteiger partial charge in [0, 0.05) is 15.3 Å². The van der Waals surface area contributed by atoms with Crippen molar-refractivity contribution in [3.8, 4) is 0 Å². The predicted octanol–water partition coefficient (Wildman–Crippen LogP) is 3.81. The van der Waals surface area contributed by atoms with Gasteiger partial charge in [0.15, 0.2) is 0 Å². The van der Waals surface area contributed by atoms with Gasteiger partial charge in [0.05, 0.1) is 0 Å². The van der Waals surface area contributed by atoms with Gasteiger partial charge in [-0.1, -0.05) is 13.0 Å². The van der Waals surface area contributed by atoms with Gasteiger partial charge in [-0.15, -0.1) is 0 Å². The van der Waals surface area contributed by atoms with Crippen molar-refractivity contribution in [2.75, 3.05) is 5.32 Å². The first-order valence-electron chi connectivity index (χ1n) is 4.66. The monoisotopic (exact) mass is 289 g/mol. The highest BCUT2D eigenvalue weighted by Crippen LogP contribution is 2.17. The summed E-state index contributed by atoms with van der Waals surface area (Å²) >= 11 is 2.37. The molecule has 1 aromatic rings. The van der Waals surface area contributed by atoms with E-state index in [9.17, 15) is 0 Å². The zero-order valence-corrected chi connectivity index (χ0v) is 10.6. The van der Waals surface area contributed by atoms with Crippen LogP contribution in [0, 0.1) is 10.5 Å². The van der Waals surface area contributed by atoms with Crippen LogP contribution in [0.15, 0.2) is 18.2 Å². The first-order valence-corrected chi connectivity index (χ1v) is 5.74. The van der Waals surface area contributed by atoms with Crippen LogP contribution >= 0.6 is 22.6 Å². The summed E-state index contributed by atoms with van der Waals surface area (Å²) in [5, 5.41) is 3.45. The van der Waals surface area contributed by atoms with Gasteiger partial charge in [0.25, 0.3) is 0 Å². The summed E-state index contributed by atoms with van der Waals surface area (Å²) in [6.07, 6.45) is 1.16. The van der Waals surface area contributed by atoms with Gasteiger partial charge in [-0.2, -0.15) is 0 Å². The molecule has 1 aromatic carbocycles. The van der Waals surface area contributed by atoms with Gasteiger partial charge in [-0.25, -0.2) is 0 Å². The van der Waals surface area contributed by atoms with Crippen molar-refractivity contribution < 1.29 is 0 Å². The molecule has 0 amide bonds. The van der Waals surface area contributed by atoms with E-state index >= 15 is 0 Å². The van der Waals surface area contributed by atoms with Gasteiger partial charge in [0.2, 0.25) is 0 Å². The van der Waals surface area contributed by atoms with Crippen LogP contribution in [0.25, 0.3) is 0 Å². The lowest BCUT2D eigenvalue weighted by atomic mass is 10.2. The maximum Gasteiger partial charge on any atom is 0.0353 e. The molecule has 0 saturated carbocycles. The summed E-state index contributed by atoms with van der Waals surface area (Å²) in [4.78, 5) is 0. The molecule has 0 aromatic heterocycles. The summed E-state index contributed by atoms with van der Waals surface area (Å²) in [7, 11) is 0. The lowest BCUT2D eigenvalue weighted by Crippen LogP contribution is -2.13. The molecule has 0 spiro atoms. The Morgan fingerprint density at radius 1 is 1.46 bits per heavy atom. The van der Waals surface area contributed by atoms with Crippen molar-refractivity contribution in [1.82, 2.24) is 0 Å². The number of halogens is 1. The average Bonchev–Trinajstić information content (AvgIpc) is 2.11. The van der Waals surface area contributed by atoms with E-state index in [1.165, 1.54) is 14.8 Å². The lowest BCUT2D eigenvalue weighted by molar-refractivity contribution is 0.764. The Morgan fingerprint density at radius 3 is 2.69 bits per heavy atom. The molecule has 0 radical (unpaired) electrons. The minimum Gasteiger partial charge on any atom is -0.383 e. The van der Waals surface area contributed by atoms with Crippen molar-refractivity contribution in [1.29, 1.82) is 0 Å². The van der Waals surface area contributed by atoms with Gasteiger partial charge in [0.1, 0.15) is 0 Å². The third-order valence-electron chi connectivity index (χ3n) is 2.20. The largest absolute Gasteiger partial charge is 0.383 e. The van der Waals surface area contributed by atoms with Crippen LogP contribution in [0.4, 0.5) is 5.69 Å². The van der Waals surface area contributed by atoms with Crippen LogP contribution in [0.1, 0.15) is 25.8 Å². The van der Waals surface area contributed by atoms with E-state index in [4.69, 9.17) is 0 Å². The Balaban J connectivity index is 2.73. The van der Waals surface area contributed by atoms with Crippen LogP contribution in [-0.4, -0.2) is 6.04 Å². The molecule has 0 heterocycles. The molecule has 1 unspecified atom stereocenters. The zero-order chi connectivity index (χ0) is 9.84. The number of benzene rings is 1. The highest BCUT2D eigenvalue weighted by molar-refractivity contribution is 14.1. The molecule has 13 heavy (non-hydrogen) atoms. The minimum absolute atomic E-state index is 0.554. The van der Waals surface area contributed by atoms with E-state index in [0.717, 1.165) is 6.42 Å². The minimum atomic E-state index is 0.554. The Hall–Kier alpha value is -0.250. The second-order valence-corrected chi connectivity index (χ2v) is 4.58. The fraction of sp³-hybridized carbons (Fsp3) is 0.455. The molecule has 72 valence electrons. The molecule has 1 atom stereocenters. The summed E-state index contributed by atoms with van der Waals surface area (Å²) < 4.78 is 1.32. The van der Waals surface area contributed by atoms with Crippen molar-refractivity contribution in [2.45, 2.75) is 33.2 Å². The van der Waals surface area contributed by atoms with Crippen molar-refractivity contribution in [3.05, 3.63) is 27.3 Å². The van der Waals surface area contributed by atoms with Gasteiger partial charge >= 0.3 is 0 Å². The first-order chi connectivity index (χ1) is 6.13. The Bertz CT molecular complexity index is 283. The number of rotatable bonds is 3. The summed E-state index contributed by atoms with van der Waals surface area (Å²) in [5.41, 5.74) is 2.57. The van der Waals surface area contributed by atoms with Crippen LogP contribution in [0.3, 0.4) is 0 Å². The van der Waals surface area contributed by atoms with Gasteiger partial charge < -0.3 is 5.32 Å². The third kappa shape index (κ3) is 3.18.